The van der Waals surface area contributed by atoms with Crippen LogP contribution >= 0.6 is 0 Å². The second-order valence-electron chi connectivity index (χ2n) is 3.33. The number of benzene rings is 1. The van der Waals surface area contributed by atoms with Gasteiger partial charge in [-0.05, 0) is 36.1 Å². The number of nitrogens with zero attached hydrogens (tertiary/aromatic N) is 1. The van der Waals surface area contributed by atoms with E-state index in [9.17, 15) is 5.11 Å². The zero-order chi connectivity index (χ0) is 9.42. The number of phenolic OH excluding ortho intramolecular Hbond substituents is 1. The number of hydrogen-bond donors (Lipinski definition) is 2. The third kappa shape index (κ3) is 1.16. The monoisotopic (exact) mass is 174 g/mol. The fourth-order valence-corrected chi connectivity index (χ4v) is 1.77. The van der Waals surface area contributed by atoms with Gasteiger partial charge in [-0.25, -0.2) is 0 Å². The Hall–Kier alpha value is -1.53. The highest BCUT2D eigenvalue weighted by Gasteiger charge is 2.20. The molecule has 0 spiro atoms. The Kier molecular flexibility index (Phi) is 1.71. The van der Waals surface area contributed by atoms with Gasteiger partial charge in [0.1, 0.15) is 11.8 Å². The first-order chi connectivity index (χ1) is 6.22. The van der Waals surface area contributed by atoms with E-state index in [1.807, 2.05) is 6.07 Å². The molecular formula is C10H10N2O. The molecule has 0 unspecified atom stereocenters. The molecule has 3 nitrogen and oxygen atoms in total. The van der Waals surface area contributed by atoms with Gasteiger partial charge < -0.3 is 10.8 Å². The van der Waals surface area contributed by atoms with Crippen molar-refractivity contribution >= 4 is 0 Å². The molecule has 0 bridgehead atoms. The molecule has 13 heavy (non-hydrogen) atoms. The molecule has 1 aromatic rings. The van der Waals surface area contributed by atoms with Crippen LogP contribution in [0.1, 0.15) is 29.2 Å². The third-order valence-corrected chi connectivity index (χ3v) is 2.50. The molecule has 0 fully saturated rings. The minimum absolute atomic E-state index is 0.0303. The summed E-state index contributed by atoms with van der Waals surface area (Å²) in [7, 11) is 0. The average Bonchev–Trinajstić information content (AvgIpc) is 2.46. The third-order valence-electron chi connectivity index (χ3n) is 2.50. The van der Waals surface area contributed by atoms with Gasteiger partial charge in [0.2, 0.25) is 0 Å². The van der Waals surface area contributed by atoms with Crippen LogP contribution < -0.4 is 5.73 Å². The van der Waals surface area contributed by atoms with Crippen molar-refractivity contribution in [1.29, 1.82) is 5.26 Å². The predicted molar refractivity (Wildman–Crippen MR) is 48.1 cm³/mol. The normalized spacial score (nSPS) is 19.5. The van der Waals surface area contributed by atoms with Crippen LogP contribution in [-0.4, -0.2) is 5.11 Å². The maximum atomic E-state index is 9.40. The van der Waals surface area contributed by atoms with Crippen molar-refractivity contribution in [3.8, 4) is 11.8 Å². The maximum absolute atomic E-state index is 9.40. The molecule has 0 aromatic heterocycles. The van der Waals surface area contributed by atoms with E-state index in [4.69, 9.17) is 11.0 Å². The minimum atomic E-state index is 0.0303. The first kappa shape index (κ1) is 8.09. The number of nitrogens with two attached hydrogens (primary N) is 1. The van der Waals surface area contributed by atoms with Crippen molar-refractivity contribution in [2.24, 2.45) is 5.73 Å². The number of hydrogen-bond acceptors (Lipinski definition) is 3. The van der Waals surface area contributed by atoms with Gasteiger partial charge in [0.25, 0.3) is 0 Å². The Morgan fingerprint density at radius 2 is 2.31 bits per heavy atom. The van der Waals surface area contributed by atoms with Crippen molar-refractivity contribution in [1.82, 2.24) is 0 Å². The van der Waals surface area contributed by atoms with Crippen LogP contribution in [0.4, 0.5) is 0 Å². The quantitative estimate of drug-likeness (QED) is 0.621. The molecule has 0 heterocycles. The highest BCUT2D eigenvalue weighted by atomic mass is 16.3. The smallest absolute Gasteiger partial charge is 0.133 e. The van der Waals surface area contributed by atoms with Crippen molar-refractivity contribution in [2.45, 2.75) is 18.9 Å². The Morgan fingerprint density at radius 1 is 1.54 bits per heavy atom. The first-order valence-corrected chi connectivity index (χ1v) is 4.24. The summed E-state index contributed by atoms with van der Waals surface area (Å²) in [5.41, 5.74) is 8.23. The van der Waals surface area contributed by atoms with Gasteiger partial charge in [0, 0.05) is 6.04 Å². The van der Waals surface area contributed by atoms with Gasteiger partial charge >= 0.3 is 0 Å². The Balaban J connectivity index is 2.59. The number of aromatic hydroxyl groups is 1. The fraction of sp³-hybridized carbons (Fsp3) is 0.300. The van der Waals surface area contributed by atoms with Crippen LogP contribution in [-0.2, 0) is 6.42 Å². The van der Waals surface area contributed by atoms with Crippen LogP contribution in [0.25, 0.3) is 0 Å². The molecule has 2 rings (SSSR count). The number of phenols is 1. The Morgan fingerprint density at radius 3 is 3.00 bits per heavy atom. The zero-order valence-electron chi connectivity index (χ0n) is 7.12. The van der Waals surface area contributed by atoms with Gasteiger partial charge in [-0.3, -0.25) is 0 Å². The van der Waals surface area contributed by atoms with E-state index in [2.05, 4.69) is 0 Å². The first-order valence-electron chi connectivity index (χ1n) is 4.24. The summed E-state index contributed by atoms with van der Waals surface area (Å²) < 4.78 is 0. The molecule has 0 amide bonds. The molecule has 1 aliphatic carbocycles. The maximum Gasteiger partial charge on any atom is 0.133 e. The van der Waals surface area contributed by atoms with Gasteiger partial charge in [0.05, 0.1) is 5.56 Å². The number of nitriles is 1. The van der Waals surface area contributed by atoms with Gasteiger partial charge in [-0.2, -0.15) is 5.26 Å². The molecular weight excluding hydrogens is 164 g/mol. The molecule has 66 valence electrons. The number of fused-ring (bicyclic) bond motifs is 1. The lowest BCUT2D eigenvalue weighted by Gasteiger charge is -2.05. The SMILES string of the molecule is N#Cc1cc2c(cc1O)CC[C@@H]2N. The van der Waals surface area contributed by atoms with E-state index >= 15 is 0 Å². The Bertz CT molecular complexity index is 393. The van der Waals surface area contributed by atoms with E-state index < -0.39 is 0 Å². The van der Waals surface area contributed by atoms with E-state index in [-0.39, 0.29) is 11.8 Å². The molecule has 0 saturated carbocycles. The second kappa shape index (κ2) is 2.75. The van der Waals surface area contributed by atoms with Crippen LogP contribution in [0, 0.1) is 11.3 Å². The average molecular weight is 174 g/mol. The lowest BCUT2D eigenvalue weighted by molar-refractivity contribution is 0.473. The van der Waals surface area contributed by atoms with E-state index in [1.54, 1.807) is 12.1 Å². The molecule has 3 N–H and O–H groups in total. The van der Waals surface area contributed by atoms with Crippen molar-refractivity contribution in [3.63, 3.8) is 0 Å². The van der Waals surface area contributed by atoms with Gasteiger partial charge in [0.15, 0.2) is 0 Å². The highest BCUT2D eigenvalue weighted by molar-refractivity contribution is 5.50. The number of rotatable bonds is 0. The molecule has 3 heteroatoms. The summed E-state index contributed by atoms with van der Waals surface area (Å²) >= 11 is 0. The molecule has 1 aromatic carbocycles. The molecule has 0 aliphatic heterocycles. The topological polar surface area (TPSA) is 70.0 Å². The minimum Gasteiger partial charge on any atom is -0.507 e. The summed E-state index contributed by atoms with van der Waals surface area (Å²) in [4.78, 5) is 0. The molecule has 1 atom stereocenters. The predicted octanol–water partition coefficient (Wildman–Crippen LogP) is 1.21. The van der Waals surface area contributed by atoms with Crippen LogP contribution in [0.5, 0.6) is 5.75 Å². The summed E-state index contributed by atoms with van der Waals surface area (Å²) in [5, 5.41) is 18.1. The largest absolute Gasteiger partial charge is 0.507 e. The zero-order valence-corrected chi connectivity index (χ0v) is 7.12. The second-order valence-corrected chi connectivity index (χ2v) is 3.33. The van der Waals surface area contributed by atoms with Gasteiger partial charge in [-0.1, -0.05) is 0 Å². The molecule has 0 saturated heterocycles. The molecule has 1 aliphatic rings. The summed E-state index contributed by atoms with van der Waals surface area (Å²) in [6.45, 7) is 0. The van der Waals surface area contributed by atoms with Crippen molar-refractivity contribution in [3.05, 3.63) is 28.8 Å². The molecule has 0 radical (unpaired) electrons. The van der Waals surface area contributed by atoms with E-state index in [0.717, 1.165) is 24.0 Å². The fourth-order valence-electron chi connectivity index (χ4n) is 1.77. The number of aryl methyl sites for hydroxylation is 1. The van der Waals surface area contributed by atoms with Crippen molar-refractivity contribution < 1.29 is 5.11 Å². The van der Waals surface area contributed by atoms with Crippen LogP contribution in [0.3, 0.4) is 0 Å². The van der Waals surface area contributed by atoms with Crippen LogP contribution in [0.15, 0.2) is 12.1 Å². The van der Waals surface area contributed by atoms with Crippen molar-refractivity contribution in [2.75, 3.05) is 0 Å². The summed E-state index contributed by atoms with van der Waals surface area (Å²) in [6, 6.07) is 5.32. The highest BCUT2D eigenvalue weighted by Crippen LogP contribution is 2.33. The standard InChI is InChI=1S/C10H10N2O/c11-5-7-3-8-6(4-10(7)13)1-2-9(8)12/h3-4,9,13H,1-2,12H2/t9-/m0/s1. The summed E-state index contributed by atoms with van der Waals surface area (Å²) in [5.74, 6) is 0.0651. The lowest BCUT2D eigenvalue weighted by atomic mass is 10.0. The Labute approximate surface area is 76.4 Å². The lowest BCUT2D eigenvalue weighted by Crippen LogP contribution is -2.05. The van der Waals surface area contributed by atoms with E-state index in [1.165, 1.54) is 0 Å². The van der Waals surface area contributed by atoms with Gasteiger partial charge in [-0.15, -0.1) is 0 Å². The van der Waals surface area contributed by atoms with E-state index in [0.29, 0.717) is 5.56 Å². The summed E-state index contributed by atoms with van der Waals surface area (Å²) in [6.07, 6.45) is 1.80. The van der Waals surface area contributed by atoms with Crippen LogP contribution in [0.2, 0.25) is 0 Å².